The number of benzene rings is 2. The average molecular weight is 419 g/mol. The minimum Gasteiger partial charge on any atom is -0.497 e. The lowest BCUT2D eigenvalue weighted by molar-refractivity contribution is -0.121. The van der Waals surface area contributed by atoms with Gasteiger partial charge < -0.3 is 15.0 Å². The summed E-state index contributed by atoms with van der Waals surface area (Å²) in [5, 5.41) is 7.37. The number of nitrogens with one attached hydrogen (secondary N) is 1. The summed E-state index contributed by atoms with van der Waals surface area (Å²) in [6.45, 7) is 3.94. The number of methoxy groups -OCH3 is 1. The number of carbonyl (C=O) groups is 1. The summed E-state index contributed by atoms with van der Waals surface area (Å²) < 4.78 is 7.30. The van der Waals surface area contributed by atoms with Crippen LogP contribution in [0.3, 0.4) is 0 Å². The molecule has 1 aliphatic rings. The van der Waals surface area contributed by atoms with E-state index in [1.165, 1.54) is 0 Å². The third-order valence-corrected chi connectivity index (χ3v) is 5.91. The molecular weight excluding hydrogens is 388 g/mol. The standard InChI is InChI=1S/C25H30N4O2/c1-31-24-9-3-7-22(19-24)21-6-2-8-23(18-21)27-25(30)20-10-16-28(17-11-20)13-5-15-29-14-4-12-26-29/h2-4,6-9,12,14,18-20H,5,10-11,13,15-17H2,1H3,(H,27,30). The summed E-state index contributed by atoms with van der Waals surface area (Å²) in [5.41, 5.74) is 2.97. The van der Waals surface area contributed by atoms with Gasteiger partial charge in [0, 0.05) is 30.5 Å². The van der Waals surface area contributed by atoms with Crippen LogP contribution in [0.5, 0.6) is 5.75 Å². The first-order valence-corrected chi connectivity index (χ1v) is 11.0. The van der Waals surface area contributed by atoms with Crippen LogP contribution >= 0.6 is 0 Å². The smallest absolute Gasteiger partial charge is 0.227 e. The highest BCUT2D eigenvalue weighted by Gasteiger charge is 2.24. The van der Waals surface area contributed by atoms with Gasteiger partial charge in [0.25, 0.3) is 0 Å². The lowest BCUT2D eigenvalue weighted by Crippen LogP contribution is -2.38. The Morgan fingerprint density at radius 3 is 2.58 bits per heavy atom. The third kappa shape index (κ3) is 5.73. The molecule has 6 heteroatoms. The summed E-state index contributed by atoms with van der Waals surface area (Å²) in [7, 11) is 1.67. The number of hydrogen-bond donors (Lipinski definition) is 1. The fraction of sp³-hybridized carbons (Fsp3) is 0.360. The normalized spacial score (nSPS) is 15.0. The van der Waals surface area contributed by atoms with Crippen LogP contribution < -0.4 is 10.1 Å². The van der Waals surface area contributed by atoms with Crippen LogP contribution in [0.15, 0.2) is 67.0 Å². The van der Waals surface area contributed by atoms with Gasteiger partial charge in [-0.2, -0.15) is 5.10 Å². The summed E-state index contributed by atoms with van der Waals surface area (Å²) in [6, 6.07) is 17.9. The maximum absolute atomic E-state index is 12.8. The van der Waals surface area contributed by atoms with Crippen molar-refractivity contribution < 1.29 is 9.53 Å². The molecule has 1 saturated heterocycles. The predicted octanol–water partition coefficient (Wildman–Crippen LogP) is 4.30. The van der Waals surface area contributed by atoms with Crippen LogP contribution in [0.1, 0.15) is 19.3 Å². The molecular formula is C25H30N4O2. The van der Waals surface area contributed by atoms with Crippen LogP contribution in [-0.4, -0.2) is 47.3 Å². The minimum atomic E-state index is 0.0721. The summed E-state index contributed by atoms with van der Waals surface area (Å²) >= 11 is 0. The van der Waals surface area contributed by atoms with E-state index in [0.29, 0.717) is 0 Å². The number of ether oxygens (including phenoxy) is 1. The zero-order valence-corrected chi connectivity index (χ0v) is 18.0. The number of piperidine rings is 1. The molecule has 0 spiro atoms. The van der Waals surface area contributed by atoms with Crippen LogP contribution in [0, 0.1) is 5.92 Å². The molecule has 2 aromatic carbocycles. The van der Waals surface area contributed by atoms with E-state index in [1.807, 2.05) is 71.7 Å². The molecule has 4 rings (SSSR count). The van der Waals surface area contributed by atoms with E-state index in [1.54, 1.807) is 7.11 Å². The number of anilines is 1. The van der Waals surface area contributed by atoms with Gasteiger partial charge in [0.2, 0.25) is 5.91 Å². The number of hydrogen-bond acceptors (Lipinski definition) is 4. The van der Waals surface area contributed by atoms with Gasteiger partial charge in [-0.3, -0.25) is 9.48 Å². The highest BCUT2D eigenvalue weighted by molar-refractivity contribution is 5.93. The molecule has 1 N–H and O–H groups in total. The molecule has 1 fully saturated rings. The van der Waals surface area contributed by atoms with Crippen molar-refractivity contribution >= 4 is 11.6 Å². The molecule has 0 radical (unpaired) electrons. The monoisotopic (exact) mass is 418 g/mol. The zero-order valence-electron chi connectivity index (χ0n) is 18.0. The Bertz CT molecular complexity index is 979. The van der Waals surface area contributed by atoms with Gasteiger partial charge in [-0.05, 0) is 80.4 Å². The van der Waals surface area contributed by atoms with E-state index in [4.69, 9.17) is 4.74 Å². The van der Waals surface area contributed by atoms with Crippen molar-refractivity contribution in [3.05, 3.63) is 67.0 Å². The Balaban J connectivity index is 1.27. The summed E-state index contributed by atoms with van der Waals surface area (Å²) in [4.78, 5) is 15.3. The molecule has 1 amide bonds. The maximum Gasteiger partial charge on any atom is 0.227 e. The maximum atomic E-state index is 12.8. The Morgan fingerprint density at radius 1 is 1.06 bits per heavy atom. The van der Waals surface area contributed by atoms with E-state index >= 15 is 0 Å². The topological polar surface area (TPSA) is 59.4 Å². The van der Waals surface area contributed by atoms with E-state index < -0.39 is 0 Å². The average Bonchev–Trinajstić information content (AvgIpc) is 3.33. The van der Waals surface area contributed by atoms with Crippen LogP contribution in [-0.2, 0) is 11.3 Å². The van der Waals surface area contributed by atoms with Gasteiger partial charge in [-0.1, -0.05) is 24.3 Å². The van der Waals surface area contributed by atoms with Gasteiger partial charge >= 0.3 is 0 Å². The van der Waals surface area contributed by atoms with Crippen molar-refractivity contribution in [2.75, 3.05) is 32.1 Å². The number of rotatable bonds is 8. The third-order valence-electron chi connectivity index (χ3n) is 5.91. The van der Waals surface area contributed by atoms with Gasteiger partial charge in [-0.25, -0.2) is 0 Å². The van der Waals surface area contributed by atoms with Crippen molar-refractivity contribution in [3.63, 3.8) is 0 Å². The molecule has 0 bridgehead atoms. The van der Waals surface area contributed by atoms with E-state index in [-0.39, 0.29) is 11.8 Å². The summed E-state index contributed by atoms with van der Waals surface area (Å²) in [5.74, 6) is 1.02. The van der Waals surface area contributed by atoms with E-state index in [2.05, 4.69) is 15.3 Å². The molecule has 0 unspecified atom stereocenters. The second kappa shape index (κ2) is 10.3. The van der Waals surface area contributed by atoms with Gasteiger partial charge in [0.15, 0.2) is 0 Å². The second-order valence-corrected chi connectivity index (χ2v) is 8.04. The number of carbonyl (C=O) groups excluding carboxylic acids is 1. The number of likely N-dealkylation sites (tertiary alicyclic amines) is 1. The lowest BCUT2D eigenvalue weighted by atomic mass is 9.95. The number of amides is 1. The van der Waals surface area contributed by atoms with Crippen LogP contribution in [0.4, 0.5) is 5.69 Å². The van der Waals surface area contributed by atoms with E-state index in [9.17, 15) is 4.79 Å². The Labute approximate surface area is 183 Å². The fourth-order valence-corrected chi connectivity index (χ4v) is 4.13. The quantitative estimate of drug-likeness (QED) is 0.593. The van der Waals surface area contributed by atoms with Crippen molar-refractivity contribution in [1.82, 2.24) is 14.7 Å². The SMILES string of the molecule is COc1cccc(-c2cccc(NC(=O)C3CCN(CCCn4cccn4)CC3)c2)c1. The first kappa shape index (κ1) is 21.1. The Hall–Kier alpha value is -3.12. The molecule has 162 valence electrons. The van der Waals surface area contributed by atoms with Gasteiger partial charge in [0.1, 0.15) is 5.75 Å². The molecule has 1 aliphatic heterocycles. The lowest BCUT2D eigenvalue weighted by Gasteiger charge is -2.31. The molecule has 3 aromatic rings. The highest BCUT2D eigenvalue weighted by atomic mass is 16.5. The van der Waals surface area contributed by atoms with Crippen molar-refractivity contribution in [1.29, 1.82) is 0 Å². The molecule has 0 saturated carbocycles. The molecule has 2 heterocycles. The predicted molar refractivity (Wildman–Crippen MR) is 123 cm³/mol. The second-order valence-electron chi connectivity index (χ2n) is 8.04. The zero-order chi connectivity index (χ0) is 21.5. The van der Waals surface area contributed by atoms with Gasteiger partial charge in [0.05, 0.1) is 7.11 Å². The first-order chi connectivity index (χ1) is 15.2. The highest BCUT2D eigenvalue weighted by Crippen LogP contribution is 2.27. The molecule has 31 heavy (non-hydrogen) atoms. The van der Waals surface area contributed by atoms with E-state index in [0.717, 1.165) is 68.0 Å². The fourth-order valence-electron chi connectivity index (χ4n) is 4.13. The molecule has 0 aliphatic carbocycles. The van der Waals surface area contributed by atoms with Crippen LogP contribution in [0.25, 0.3) is 11.1 Å². The number of nitrogens with zero attached hydrogens (tertiary/aromatic N) is 3. The van der Waals surface area contributed by atoms with Crippen molar-refractivity contribution in [2.45, 2.75) is 25.8 Å². The molecule has 0 atom stereocenters. The Morgan fingerprint density at radius 2 is 1.84 bits per heavy atom. The van der Waals surface area contributed by atoms with Gasteiger partial charge in [-0.15, -0.1) is 0 Å². The van der Waals surface area contributed by atoms with Crippen LogP contribution in [0.2, 0.25) is 0 Å². The van der Waals surface area contributed by atoms with Crippen molar-refractivity contribution in [3.8, 4) is 16.9 Å². The summed E-state index contributed by atoms with van der Waals surface area (Å²) in [6.07, 6.45) is 6.71. The Kier molecular flexibility index (Phi) is 6.99. The molecule has 1 aromatic heterocycles. The van der Waals surface area contributed by atoms with Crippen molar-refractivity contribution in [2.24, 2.45) is 5.92 Å². The molecule has 6 nitrogen and oxygen atoms in total. The number of aromatic nitrogens is 2. The number of aryl methyl sites for hydroxylation is 1. The minimum absolute atomic E-state index is 0.0721. The first-order valence-electron chi connectivity index (χ1n) is 11.0. The largest absolute Gasteiger partial charge is 0.497 e.